The molecule has 2 aromatic heterocycles. The van der Waals surface area contributed by atoms with Crippen molar-refractivity contribution in [3.8, 4) is 0 Å². The van der Waals surface area contributed by atoms with Crippen LogP contribution in [-0.2, 0) is 9.59 Å². The second-order valence-corrected chi connectivity index (χ2v) is 11.8. The SMILES string of the molecule is Cc1nn([C@H](C)c2ccc(Cl)cc2F)c2nc(N3CC[C@H](N4CCCC4CCC(=O)O)[C@H](C)C3)cnc12.O=C(O)C(F)(F)F. The first-order valence-corrected chi connectivity index (χ1v) is 14.7. The normalized spacial score (nSPS) is 21.6. The van der Waals surface area contributed by atoms with Crippen LogP contribution >= 0.6 is 11.6 Å². The molecule has 0 spiro atoms. The molecule has 10 nitrogen and oxygen atoms in total. The monoisotopic (exact) mass is 642 g/mol. The van der Waals surface area contributed by atoms with Crippen LogP contribution in [-0.4, -0.2) is 84.7 Å². The topological polar surface area (TPSA) is 125 Å². The number of hydrogen-bond acceptors (Lipinski definition) is 7. The van der Waals surface area contributed by atoms with Crippen molar-refractivity contribution in [1.29, 1.82) is 0 Å². The molecule has 2 fully saturated rings. The molecule has 4 atom stereocenters. The van der Waals surface area contributed by atoms with Gasteiger partial charge in [-0.1, -0.05) is 24.6 Å². The van der Waals surface area contributed by atoms with Crippen molar-refractivity contribution >= 4 is 40.5 Å². The Kier molecular flexibility index (Phi) is 10.3. The Labute approximate surface area is 256 Å². The first-order valence-electron chi connectivity index (χ1n) is 14.4. The molecule has 0 amide bonds. The average Bonchev–Trinajstić information content (AvgIpc) is 3.55. The van der Waals surface area contributed by atoms with Gasteiger partial charge in [-0.05, 0) is 64.1 Å². The highest BCUT2D eigenvalue weighted by Gasteiger charge is 2.38. The number of hydrogen-bond donors (Lipinski definition) is 2. The zero-order chi connectivity index (χ0) is 32.3. The number of alkyl halides is 3. The van der Waals surface area contributed by atoms with Crippen molar-refractivity contribution in [3.05, 3.63) is 46.5 Å². The molecular weight excluding hydrogens is 608 g/mol. The van der Waals surface area contributed by atoms with E-state index in [0.29, 0.717) is 39.8 Å². The van der Waals surface area contributed by atoms with E-state index in [1.807, 2.05) is 20.0 Å². The second kappa shape index (κ2) is 13.6. The molecule has 2 N–H and O–H groups in total. The third kappa shape index (κ3) is 7.57. The summed E-state index contributed by atoms with van der Waals surface area (Å²) >= 11 is 5.96. The maximum absolute atomic E-state index is 14.7. The van der Waals surface area contributed by atoms with Gasteiger partial charge in [0, 0.05) is 42.2 Å². The number of anilines is 1. The number of piperidine rings is 1. The standard InChI is InChI=1S/C27H34ClFN6O2.C2HF3O2/c1-16-15-33(12-10-23(16)34-11-4-5-20(34)7-9-25(36)37)24-14-30-26-17(2)32-35(27(26)31-24)18(3)21-8-6-19(28)13-22(21)29;3-2(4,5)1(6)7/h6,8,13-14,16,18,20,23H,4-5,7,9-12,15H2,1-3H3,(H,36,37);(H,6,7)/t16-,18-,20?,23+;/m1./s1. The highest BCUT2D eigenvalue weighted by atomic mass is 35.5. The van der Waals surface area contributed by atoms with Gasteiger partial charge in [-0.15, -0.1) is 0 Å². The second-order valence-electron chi connectivity index (χ2n) is 11.3. The van der Waals surface area contributed by atoms with E-state index in [9.17, 15) is 22.4 Å². The molecule has 2 aliphatic heterocycles. The number of fused-ring (bicyclic) bond motifs is 1. The van der Waals surface area contributed by atoms with Gasteiger partial charge in [0.05, 0.1) is 17.9 Å². The van der Waals surface area contributed by atoms with Crippen molar-refractivity contribution < 1.29 is 37.4 Å². The molecule has 0 radical (unpaired) electrons. The number of carbonyl (C=O) groups is 2. The number of carboxylic acids is 2. The summed E-state index contributed by atoms with van der Waals surface area (Å²) in [5.74, 6) is -2.64. The van der Waals surface area contributed by atoms with Gasteiger partial charge >= 0.3 is 18.1 Å². The number of carboxylic acid groups (broad SMARTS) is 2. The van der Waals surface area contributed by atoms with E-state index in [-0.39, 0.29) is 18.3 Å². The van der Waals surface area contributed by atoms with E-state index in [2.05, 4.69) is 21.8 Å². The van der Waals surface area contributed by atoms with Crippen molar-refractivity contribution in [2.24, 2.45) is 5.92 Å². The highest BCUT2D eigenvalue weighted by molar-refractivity contribution is 6.30. The Morgan fingerprint density at radius 1 is 1.18 bits per heavy atom. The summed E-state index contributed by atoms with van der Waals surface area (Å²) in [5.41, 5.74) is 2.61. The summed E-state index contributed by atoms with van der Waals surface area (Å²) in [6, 6.07) is 5.12. The summed E-state index contributed by atoms with van der Waals surface area (Å²) in [6.07, 6.45) is 0.894. The van der Waals surface area contributed by atoms with Gasteiger partial charge in [-0.25, -0.2) is 23.8 Å². The molecular formula is C29H35ClF4N6O4. The molecule has 1 aromatic carbocycles. The van der Waals surface area contributed by atoms with Gasteiger partial charge in [0.2, 0.25) is 0 Å². The van der Waals surface area contributed by atoms with Gasteiger partial charge < -0.3 is 15.1 Å². The predicted octanol–water partition coefficient (Wildman–Crippen LogP) is 5.71. The highest BCUT2D eigenvalue weighted by Crippen LogP contribution is 2.33. The first-order chi connectivity index (χ1) is 20.7. The van der Waals surface area contributed by atoms with Crippen molar-refractivity contribution in [2.45, 2.75) is 77.2 Å². The summed E-state index contributed by atoms with van der Waals surface area (Å²) in [4.78, 5) is 34.5. The molecule has 44 heavy (non-hydrogen) atoms. The molecule has 15 heteroatoms. The molecule has 2 aliphatic rings. The van der Waals surface area contributed by atoms with Crippen LogP contribution in [0.1, 0.15) is 63.3 Å². The van der Waals surface area contributed by atoms with E-state index in [4.69, 9.17) is 36.6 Å². The molecule has 0 aliphatic carbocycles. The lowest BCUT2D eigenvalue weighted by atomic mass is 9.91. The maximum atomic E-state index is 14.7. The van der Waals surface area contributed by atoms with Crippen molar-refractivity contribution in [3.63, 3.8) is 0 Å². The largest absolute Gasteiger partial charge is 0.490 e. The summed E-state index contributed by atoms with van der Waals surface area (Å²) in [6.45, 7) is 8.81. The number of aryl methyl sites for hydroxylation is 1. The van der Waals surface area contributed by atoms with Gasteiger partial charge in [0.25, 0.3) is 0 Å². The summed E-state index contributed by atoms with van der Waals surface area (Å²) in [7, 11) is 0. The fourth-order valence-corrected chi connectivity index (χ4v) is 6.32. The smallest absolute Gasteiger partial charge is 0.481 e. The fourth-order valence-electron chi connectivity index (χ4n) is 6.16. The Hall–Kier alpha value is -3.52. The minimum atomic E-state index is -5.08. The Morgan fingerprint density at radius 3 is 2.50 bits per heavy atom. The Balaban J connectivity index is 0.000000566. The number of nitrogens with zero attached hydrogens (tertiary/aromatic N) is 6. The predicted molar refractivity (Wildman–Crippen MR) is 155 cm³/mol. The number of rotatable bonds is 7. The van der Waals surface area contributed by atoms with Crippen LogP contribution in [0.15, 0.2) is 24.4 Å². The first kappa shape index (κ1) is 33.4. The molecule has 0 saturated carbocycles. The fraction of sp³-hybridized carbons (Fsp3) is 0.552. The van der Waals surface area contributed by atoms with E-state index < -0.39 is 18.1 Å². The van der Waals surface area contributed by atoms with Crippen LogP contribution in [0.25, 0.3) is 11.2 Å². The van der Waals surface area contributed by atoms with E-state index in [1.165, 1.54) is 6.07 Å². The quantitative estimate of drug-likeness (QED) is 0.312. The van der Waals surface area contributed by atoms with Gasteiger partial charge in [-0.3, -0.25) is 9.69 Å². The maximum Gasteiger partial charge on any atom is 0.490 e. The summed E-state index contributed by atoms with van der Waals surface area (Å²) < 4.78 is 48.2. The number of aliphatic carboxylic acids is 2. The number of halogens is 5. The van der Waals surface area contributed by atoms with E-state index >= 15 is 0 Å². The lowest BCUT2D eigenvalue weighted by Gasteiger charge is -2.43. The minimum absolute atomic E-state index is 0.232. The zero-order valence-electron chi connectivity index (χ0n) is 24.6. The lowest BCUT2D eigenvalue weighted by molar-refractivity contribution is -0.192. The lowest BCUT2D eigenvalue weighted by Crippen LogP contribution is -2.52. The van der Waals surface area contributed by atoms with E-state index in [1.54, 1.807) is 16.8 Å². The Bertz CT molecular complexity index is 1500. The Morgan fingerprint density at radius 2 is 1.89 bits per heavy atom. The number of likely N-dealkylation sites (tertiary alicyclic amines) is 1. The van der Waals surface area contributed by atoms with Gasteiger partial charge in [-0.2, -0.15) is 18.3 Å². The third-order valence-electron chi connectivity index (χ3n) is 8.30. The van der Waals surface area contributed by atoms with E-state index in [0.717, 1.165) is 56.8 Å². The van der Waals surface area contributed by atoms with Crippen LogP contribution in [0, 0.1) is 18.7 Å². The minimum Gasteiger partial charge on any atom is -0.481 e. The van der Waals surface area contributed by atoms with Gasteiger partial charge in [0.15, 0.2) is 5.65 Å². The molecule has 5 rings (SSSR count). The molecule has 0 bridgehead atoms. The molecule has 240 valence electrons. The van der Waals surface area contributed by atoms with Gasteiger partial charge in [0.1, 0.15) is 17.2 Å². The number of benzene rings is 1. The molecule has 4 heterocycles. The molecule has 2 saturated heterocycles. The van der Waals surface area contributed by atoms with Crippen molar-refractivity contribution in [2.75, 3.05) is 24.5 Å². The third-order valence-corrected chi connectivity index (χ3v) is 8.54. The van der Waals surface area contributed by atoms with Crippen LogP contribution in [0.2, 0.25) is 5.02 Å². The number of aromatic nitrogens is 4. The summed E-state index contributed by atoms with van der Waals surface area (Å²) in [5, 5.41) is 21.3. The van der Waals surface area contributed by atoms with Crippen LogP contribution < -0.4 is 4.90 Å². The molecule has 3 aromatic rings. The van der Waals surface area contributed by atoms with Crippen LogP contribution in [0.5, 0.6) is 0 Å². The average molecular weight is 643 g/mol. The molecule has 1 unspecified atom stereocenters. The van der Waals surface area contributed by atoms with Crippen LogP contribution in [0.3, 0.4) is 0 Å². The van der Waals surface area contributed by atoms with Crippen LogP contribution in [0.4, 0.5) is 23.4 Å². The zero-order valence-corrected chi connectivity index (χ0v) is 25.3. The van der Waals surface area contributed by atoms with Crippen molar-refractivity contribution in [1.82, 2.24) is 24.6 Å².